The quantitative estimate of drug-likeness (QED) is 0.788. The second-order valence-corrected chi connectivity index (χ2v) is 8.97. The van der Waals surface area contributed by atoms with Crippen LogP contribution < -0.4 is 0 Å². The first-order valence-electron chi connectivity index (χ1n) is 4.75. The molecule has 19 heavy (non-hydrogen) atoms. The first kappa shape index (κ1) is 16.5. The van der Waals surface area contributed by atoms with Gasteiger partial charge in [0.25, 0.3) is 0 Å². The van der Waals surface area contributed by atoms with Gasteiger partial charge >= 0.3 is 23.0 Å². The molecule has 0 aromatic heterocycles. The first-order chi connectivity index (χ1) is 8.34. The van der Waals surface area contributed by atoms with Gasteiger partial charge < -0.3 is 0 Å². The molecule has 108 valence electrons. The van der Waals surface area contributed by atoms with E-state index in [4.69, 9.17) is 11.2 Å². The number of hydrogen-bond donors (Lipinski definition) is 0. The van der Waals surface area contributed by atoms with Crippen molar-refractivity contribution in [2.75, 3.05) is 6.66 Å². The van der Waals surface area contributed by atoms with E-state index < -0.39 is 33.5 Å². The third-order valence-electron chi connectivity index (χ3n) is 2.00. The van der Waals surface area contributed by atoms with Crippen molar-refractivity contribution in [2.45, 2.75) is 18.0 Å². The molecule has 0 heterocycles. The van der Waals surface area contributed by atoms with Crippen molar-refractivity contribution in [3.05, 3.63) is 29.3 Å². The van der Waals surface area contributed by atoms with Crippen LogP contribution in [0.25, 0.3) is 0 Å². The van der Waals surface area contributed by atoms with Crippen molar-refractivity contribution in [2.24, 2.45) is 0 Å². The van der Waals surface area contributed by atoms with Crippen LogP contribution in [0.15, 0.2) is 23.1 Å². The van der Waals surface area contributed by atoms with Gasteiger partial charge in [-0.3, -0.25) is 4.57 Å². The van der Waals surface area contributed by atoms with Crippen LogP contribution in [-0.2, 0) is 24.8 Å². The van der Waals surface area contributed by atoms with Crippen LogP contribution in [0.3, 0.4) is 0 Å². The smallest absolute Gasteiger partial charge is 0.274 e. The average Bonchev–Trinajstić information content (AvgIpc) is 2.11. The van der Waals surface area contributed by atoms with Crippen LogP contribution in [0.2, 0.25) is 0 Å². The van der Waals surface area contributed by atoms with Crippen LogP contribution in [-0.4, -0.2) is 15.1 Å². The highest BCUT2D eigenvalue weighted by molar-refractivity contribution is 7.97. The predicted molar refractivity (Wildman–Crippen MR) is 63.8 cm³/mol. The molecule has 1 aromatic rings. The van der Waals surface area contributed by atoms with Gasteiger partial charge in [-0.05, 0) is 29.8 Å². The highest BCUT2D eigenvalue weighted by atomic mass is 35.7. The summed E-state index contributed by atoms with van der Waals surface area (Å²) in [6.07, 6.45) is -4.89. The van der Waals surface area contributed by atoms with E-state index in [1.807, 2.05) is 0 Å². The van der Waals surface area contributed by atoms with Gasteiger partial charge in [0.15, 0.2) is 0 Å². The number of halogens is 4. The first-order valence-corrected chi connectivity index (χ1v) is 9.13. The summed E-state index contributed by atoms with van der Waals surface area (Å²) in [6.45, 7) is -2.09. The van der Waals surface area contributed by atoms with Crippen LogP contribution in [0.1, 0.15) is 11.1 Å². The van der Waals surface area contributed by atoms with Gasteiger partial charge in [-0.25, -0.2) is 0 Å². The lowest BCUT2D eigenvalue weighted by molar-refractivity contribution is -0.140. The number of benzene rings is 1. The molecule has 0 fully saturated rings. The van der Waals surface area contributed by atoms with Gasteiger partial charge in [0.1, 0.15) is 4.90 Å². The Morgan fingerprint density at radius 3 is 2.26 bits per heavy atom. The highest BCUT2D eigenvalue weighted by Crippen LogP contribution is 2.51. The molecule has 1 unspecified atom stereocenters. The fourth-order valence-electron chi connectivity index (χ4n) is 1.42. The fraction of sp³-hybridized carbons (Fsp3) is 0.333. The molecule has 0 bridgehead atoms. The van der Waals surface area contributed by atoms with E-state index in [9.17, 15) is 26.2 Å². The molecule has 1 rings (SSSR count). The lowest BCUT2D eigenvalue weighted by Crippen LogP contribution is -2.15. The minimum Gasteiger partial charge on any atom is -0.274 e. The number of alkyl halides is 3. The lowest BCUT2D eigenvalue weighted by Gasteiger charge is -2.15. The molecule has 10 heteroatoms. The summed E-state index contributed by atoms with van der Waals surface area (Å²) in [7, 11) is -4.88. The van der Waals surface area contributed by atoms with Crippen molar-refractivity contribution in [1.82, 2.24) is 0 Å². The third-order valence-corrected chi connectivity index (χ3v) is 5.40. The Morgan fingerprint density at radius 2 is 1.84 bits per heavy atom. The summed E-state index contributed by atoms with van der Waals surface area (Å²) >= 11 is 5.16. The zero-order valence-corrected chi connectivity index (χ0v) is 12.2. The summed E-state index contributed by atoms with van der Waals surface area (Å²) < 4.78 is 77.1. The summed E-state index contributed by atoms with van der Waals surface area (Å²) in [5.41, 5.74) is -1.57. The number of hydrogen-bond acceptors (Lipinski definition) is 4. The summed E-state index contributed by atoms with van der Waals surface area (Å²) in [6, 6.07) is 2.82. The van der Waals surface area contributed by atoms with E-state index in [1.165, 1.54) is 13.0 Å². The second-order valence-electron chi connectivity index (χ2n) is 3.72. The van der Waals surface area contributed by atoms with Crippen molar-refractivity contribution >= 4 is 28.1 Å². The molecule has 0 N–H and O–H groups in total. The van der Waals surface area contributed by atoms with Gasteiger partial charge in [-0.15, -0.1) is 0 Å². The SMILES string of the molecule is Cc1cccc(C(F)(F)F)c1S(=O)(=O)OP(C)(=O)Cl. The molecule has 0 spiro atoms. The molecule has 4 nitrogen and oxygen atoms in total. The van der Waals surface area contributed by atoms with Crippen molar-refractivity contribution in [3.8, 4) is 0 Å². The fourth-order valence-corrected chi connectivity index (χ4v) is 4.70. The number of rotatable bonds is 3. The van der Waals surface area contributed by atoms with E-state index in [0.717, 1.165) is 12.7 Å². The van der Waals surface area contributed by atoms with Crippen LogP contribution in [0.4, 0.5) is 13.2 Å². The van der Waals surface area contributed by atoms with Gasteiger partial charge in [-0.1, -0.05) is 12.1 Å². The van der Waals surface area contributed by atoms with Crippen LogP contribution in [0, 0.1) is 6.92 Å². The van der Waals surface area contributed by atoms with E-state index in [0.29, 0.717) is 6.07 Å². The molecule has 0 saturated heterocycles. The van der Waals surface area contributed by atoms with E-state index in [-0.39, 0.29) is 5.56 Å². The molecule has 0 aliphatic carbocycles. The minimum absolute atomic E-state index is 0.181. The number of aryl methyl sites for hydroxylation is 1. The van der Waals surface area contributed by atoms with Gasteiger partial charge in [0, 0.05) is 6.66 Å². The zero-order chi connectivity index (χ0) is 15.1. The molecule has 1 atom stereocenters. The van der Waals surface area contributed by atoms with Gasteiger partial charge in [0.05, 0.1) is 5.56 Å². The van der Waals surface area contributed by atoms with Crippen LogP contribution in [0.5, 0.6) is 0 Å². The minimum atomic E-state index is -4.89. The molecule has 0 saturated carbocycles. The Balaban J connectivity index is 3.55. The Hall–Kier alpha value is -0.560. The maximum atomic E-state index is 12.8. The molecule has 1 aromatic carbocycles. The van der Waals surface area contributed by atoms with E-state index >= 15 is 0 Å². The zero-order valence-electron chi connectivity index (χ0n) is 9.73. The maximum Gasteiger partial charge on any atom is 0.417 e. The Labute approximate surface area is 112 Å². The van der Waals surface area contributed by atoms with Crippen LogP contribution >= 0.6 is 18.0 Å². The lowest BCUT2D eigenvalue weighted by atomic mass is 10.1. The summed E-state index contributed by atoms with van der Waals surface area (Å²) in [4.78, 5) is -1.08. The second kappa shape index (κ2) is 5.09. The van der Waals surface area contributed by atoms with Gasteiger partial charge in [0.2, 0.25) is 0 Å². The normalized spacial score (nSPS) is 16.1. The van der Waals surface area contributed by atoms with Crippen molar-refractivity contribution in [3.63, 3.8) is 0 Å². The topological polar surface area (TPSA) is 60.4 Å². The largest absolute Gasteiger partial charge is 0.417 e. The van der Waals surface area contributed by atoms with Crippen molar-refractivity contribution in [1.29, 1.82) is 0 Å². The summed E-state index contributed by atoms with van der Waals surface area (Å²) in [5, 5.41) is 0. The van der Waals surface area contributed by atoms with E-state index in [2.05, 4.69) is 3.97 Å². The van der Waals surface area contributed by atoms with E-state index in [1.54, 1.807) is 0 Å². The molecular formula is C9H9ClF3O4PS. The average molecular weight is 337 g/mol. The molecule has 0 aliphatic heterocycles. The standard InChI is InChI=1S/C9H9ClF3O4PS/c1-6-4-3-5-7(9(11,12)13)8(6)19(15,16)17-18(2,10)14/h3-5H,1-2H3. The maximum absolute atomic E-state index is 12.8. The molecule has 0 amide bonds. The Bertz CT molecular complexity index is 635. The highest BCUT2D eigenvalue weighted by Gasteiger charge is 2.39. The monoisotopic (exact) mass is 336 g/mol. The molecular weight excluding hydrogens is 328 g/mol. The molecule has 0 radical (unpaired) electrons. The predicted octanol–water partition coefficient (Wildman–Crippen LogP) is 3.78. The summed E-state index contributed by atoms with van der Waals surface area (Å²) in [5.74, 6) is 0. The van der Waals surface area contributed by atoms with Gasteiger partial charge in [-0.2, -0.15) is 25.6 Å². The third kappa shape index (κ3) is 4.21. The Kier molecular flexibility index (Phi) is 4.42. The molecule has 0 aliphatic rings. The Morgan fingerprint density at radius 1 is 1.32 bits per heavy atom. The van der Waals surface area contributed by atoms with Crippen molar-refractivity contribution < 1.29 is 30.1 Å².